The van der Waals surface area contributed by atoms with Gasteiger partial charge in [-0.1, -0.05) is 0 Å². The lowest BCUT2D eigenvalue weighted by Crippen LogP contribution is -2.40. The largest absolute Gasteiger partial charge is 0.480 e. The van der Waals surface area contributed by atoms with Crippen LogP contribution in [0.4, 0.5) is 0 Å². The number of hydrogen-bond acceptors (Lipinski definition) is 5. The zero-order valence-corrected chi connectivity index (χ0v) is 9.15. The Bertz CT molecular complexity index is 233. The topological polar surface area (TPSA) is 98.9 Å². The molecule has 0 saturated carbocycles. The van der Waals surface area contributed by atoms with E-state index in [1.54, 1.807) is 20.8 Å². The van der Waals surface area contributed by atoms with Crippen molar-refractivity contribution in [3.63, 3.8) is 0 Å². The van der Waals surface area contributed by atoms with E-state index in [1.807, 2.05) is 0 Å². The molecule has 6 heteroatoms. The van der Waals surface area contributed by atoms with E-state index in [4.69, 9.17) is 15.6 Å². The van der Waals surface area contributed by atoms with Crippen LogP contribution >= 0.6 is 0 Å². The Morgan fingerprint density at radius 1 is 1.40 bits per heavy atom. The molecule has 6 nitrogen and oxygen atoms in total. The molecule has 0 saturated heterocycles. The van der Waals surface area contributed by atoms with Gasteiger partial charge in [0.2, 0.25) is 0 Å². The summed E-state index contributed by atoms with van der Waals surface area (Å²) in [6, 6.07) is -0.955. The Morgan fingerprint density at radius 2 is 1.93 bits per heavy atom. The number of esters is 1. The average molecular weight is 219 g/mol. The molecule has 0 aromatic rings. The molecular formula is C9H17NO5. The van der Waals surface area contributed by atoms with Crippen molar-refractivity contribution in [3.05, 3.63) is 0 Å². The lowest BCUT2D eigenvalue weighted by atomic mass is 10.2. The van der Waals surface area contributed by atoms with Crippen LogP contribution in [0.5, 0.6) is 0 Å². The molecule has 1 atom stereocenters. The number of carbonyl (C=O) groups is 2. The van der Waals surface area contributed by atoms with Gasteiger partial charge in [-0.15, -0.1) is 0 Å². The number of carboxylic acid groups (broad SMARTS) is 1. The second kappa shape index (κ2) is 5.67. The monoisotopic (exact) mass is 219 g/mol. The fraction of sp³-hybridized carbons (Fsp3) is 0.778. The third-order valence-electron chi connectivity index (χ3n) is 1.23. The van der Waals surface area contributed by atoms with Gasteiger partial charge >= 0.3 is 11.9 Å². The summed E-state index contributed by atoms with van der Waals surface area (Å²) in [6.07, 6.45) is 0. The van der Waals surface area contributed by atoms with Crippen LogP contribution in [0, 0.1) is 0 Å². The summed E-state index contributed by atoms with van der Waals surface area (Å²) in [7, 11) is 0. The van der Waals surface area contributed by atoms with Crippen LogP contribution in [0.3, 0.4) is 0 Å². The minimum Gasteiger partial charge on any atom is -0.480 e. The molecule has 0 bridgehead atoms. The Kier molecular flexibility index (Phi) is 5.24. The summed E-state index contributed by atoms with van der Waals surface area (Å²) in [5, 5.41) is 8.27. The molecule has 88 valence electrons. The molecule has 0 rings (SSSR count). The summed E-state index contributed by atoms with van der Waals surface area (Å²) in [6.45, 7) is 4.51. The van der Waals surface area contributed by atoms with Crippen molar-refractivity contribution in [2.45, 2.75) is 32.4 Å². The van der Waals surface area contributed by atoms with E-state index < -0.39 is 30.2 Å². The van der Waals surface area contributed by atoms with Crippen molar-refractivity contribution in [1.82, 2.24) is 0 Å². The fourth-order valence-electron chi connectivity index (χ4n) is 0.719. The van der Waals surface area contributed by atoms with E-state index in [0.29, 0.717) is 0 Å². The predicted octanol–water partition coefficient (Wildman–Crippen LogP) is -0.243. The van der Waals surface area contributed by atoms with Crippen LogP contribution < -0.4 is 5.73 Å². The number of carboxylic acids is 1. The molecule has 0 spiro atoms. The van der Waals surface area contributed by atoms with E-state index in [2.05, 4.69) is 4.74 Å². The third kappa shape index (κ3) is 7.90. The van der Waals surface area contributed by atoms with Crippen molar-refractivity contribution in [2.75, 3.05) is 13.2 Å². The molecule has 0 aliphatic heterocycles. The van der Waals surface area contributed by atoms with Crippen LogP contribution in [0.2, 0.25) is 0 Å². The lowest BCUT2D eigenvalue weighted by molar-refractivity contribution is -0.159. The van der Waals surface area contributed by atoms with E-state index in [0.717, 1.165) is 0 Å². The average Bonchev–Trinajstić information content (AvgIpc) is 1.99. The maximum Gasteiger partial charge on any atom is 0.329 e. The highest BCUT2D eigenvalue weighted by molar-refractivity contribution is 5.76. The van der Waals surface area contributed by atoms with Crippen LogP contribution in [0.1, 0.15) is 20.8 Å². The second-order valence-electron chi connectivity index (χ2n) is 4.05. The van der Waals surface area contributed by atoms with Crippen molar-refractivity contribution in [1.29, 1.82) is 0 Å². The number of carbonyl (C=O) groups excluding carboxylic acids is 1. The molecule has 0 aliphatic rings. The molecule has 0 radical (unpaired) electrons. The zero-order chi connectivity index (χ0) is 12.1. The molecule has 0 unspecified atom stereocenters. The quantitative estimate of drug-likeness (QED) is 0.619. The smallest absolute Gasteiger partial charge is 0.329 e. The van der Waals surface area contributed by atoms with E-state index in [1.165, 1.54) is 0 Å². The molecule has 15 heavy (non-hydrogen) atoms. The van der Waals surface area contributed by atoms with Crippen molar-refractivity contribution in [2.24, 2.45) is 5.73 Å². The Hall–Kier alpha value is -1.14. The summed E-state index contributed by atoms with van der Waals surface area (Å²) < 4.78 is 9.63. The van der Waals surface area contributed by atoms with Crippen LogP contribution in [0.15, 0.2) is 0 Å². The minimum atomic E-state index is -1.11. The first kappa shape index (κ1) is 13.9. The Labute approximate surface area is 88.3 Å². The Balaban J connectivity index is 3.85. The SMILES string of the molecule is CC(C)(C)OC(=O)[C@H](N)COCC(=O)O. The van der Waals surface area contributed by atoms with Crippen molar-refractivity contribution >= 4 is 11.9 Å². The second-order valence-corrected chi connectivity index (χ2v) is 4.05. The number of ether oxygens (including phenoxy) is 2. The fourth-order valence-corrected chi connectivity index (χ4v) is 0.719. The molecule has 0 aromatic carbocycles. The van der Waals surface area contributed by atoms with Crippen LogP contribution in [-0.2, 0) is 19.1 Å². The lowest BCUT2D eigenvalue weighted by Gasteiger charge is -2.21. The molecular weight excluding hydrogens is 202 g/mol. The summed E-state index contributed by atoms with van der Waals surface area (Å²) in [5.41, 5.74) is 4.81. The van der Waals surface area contributed by atoms with Gasteiger partial charge in [0.1, 0.15) is 18.2 Å². The maximum atomic E-state index is 11.3. The highest BCUT2D eigenvalue weighted by atomic mass is 16.6. The normalized spacial score (nSPS) is 13.3. The summed E-state index contributed by atoms with van der Waals surface area (Å²) in [4.78, 5) is 21.4. The number of rotatable bonds is 5. The maximum absolute atomic E-state index is 11.3. The van der Waals surface area contributed by atoms with E-state index in [9.17, 15) is 9.59 Å². The first-order valence-electron chi connectivity index (χ1n) is 4.50. The van der Waals surface area contributed by atoms with Crippen molar-refractivity contribution < 1.29 is 24.2 Å². The molecule has 3 N–H and O–H groups in total. The number of nitrogens with two attached hydrogens (primary N) is 1. The Morgan fingerprint density at radius 3 is 2.33 bits per heavy atom. The predicted molar refractivity (Wildman–Crippen MR) is 52.3 cm³/mol. The summed E-state index contributed by atoms with van der Waals surface area (Å²) in [5.74, 6) is -1.71. The third-order valence-corrected chi connectivity index (χ3v) is 1.23. The van der Waals surface area contributed by atoms with Gasteiger partial charge < -0.3 is 20.3 Å². The highest BCUT2D eigenvalue weighted by Crippen LogP contribution is 2.07. The van der Waals surface area contributed by atoms with Gasteiger partial charge in [-0.05, 0) is 20.8 Å². The summed E-state index contributed by atoms with van der Waals surface area (Å²) >= 11 is 0. The van der Waals surface area contributed by atoms with Gasteiger partial charge in [0.25, 0.3) is 0 Å². The molecule has 0 aliphatic carbocycles. The number of aliphatic carboxylic acids is 1. The molecule has 0 amide bonds. The first-order valence-corrected chi connectivity index (χ1v) is 4.50. The van der Waals surface area contributed by atoms with Gasteiger partial charge in [0.05, 0.1) is 6.61 Å². The van der Waals surface area contributed by atoms with Gasteiger partial charge in [-0.2, -0.15) is 0 Å². The molecule has 0 heterocycles. The van der Waals surface area contributed by atoms with Crippen LogP contribution in [0.25, 0.3) is 0 Å². The van der Waals surface area contributed by atoms with Gasteiger partial charge in [0.15, 0.2) is 0 Å². The van der Waals surface area contributed by atoms with E-state index >= 15 is 0 Å². The first-order chi connectivity index (χ1) is 6.72. The molecule has 0 fully saturated rings. The zero-order valence-electron chi connectivity index (χ0n) is 9.15. The van der Waals surface area contributed by atoms with Gasteiger partial charge in [-0.25, -0.2) is 4.79 Å². The minimum absolute atomic E-state index is 0.165. The van der Waals surface area contributed by atoms with Gasteiger partial charge in [-0.3, -0.25) is 4.79 Å². The van der Waals surface area contributed by atoms with E-state index in [-0.39, 0.29) is 6.61 Å². The number of hydrogen-bond donors (Lipinski definition) is 2. The van der Waals surface area contributed by atoms with Gasteiger partial charge in [0, 0.05) is 0 Å². The molecule has 0 aromatic heterocycles. The standard InChI is InChI=1S/C9H17NO5/c1-9(2,3)15-8(13)6(10)4-14-5-7(11)12/h6H,4-5,10H2,1-3H3,(H,11,12)/t6-/m1/s1. The van der Waals surface area contributed by atoms with Crippen molar-refractivity contribution in [3.8, 4) is 0 Å². The highest BCUT2D eigenvalue weighted by Gasteiger charge is 2.22. The van der Waals surface area contributed by atoms with Crippen LogP contribution in [-0.4, -0.2) is 41.9 Å².